The maximum atomic E-state index is 13.3. The average molecular weight is 351 g/mol. The Labute approximate surface area is 151 Å². The number of rotatable bonds is 6. The van der Waals surface area contributed by atoms with Gasteiger partial charge in [-0.3, -0.25) is 14.7 Å². The summed E-state index contributed by atoms with van der Waals surface area (Å²) in [6, 6.07) is -0.214. The highest BCUT2D eigenvalue weighted by Crippen LogP contribution is 2.40. The third kappa shape index (κ3) is 2.81. The zero-order valence-corrected chi connectivity index (χ0v) is 16.0. The highest BCUT2D eigenvalue weighted by Gasteiger charge is 2.62. The van der Waals surface area contributed by atoms with Gasteiger partial charge in [0.2, 0.25) is 5.91 Å². The second-order valence-corrected chi connectivity index (χ2v) is 7.44. The Morgan fingerprint density at radius 2 is 1.52 bits per heavy atom. The summed E-state index contributed by atoms with van der Waals surface area (Å²) in [5, 5.41) is 0. The number of hydrogen-bond donors (Lipinski definition) is 0. The smallest absolute Gasteiger partial charge is 0.275 e. The van der Waals surface area contributed by atoms with Crippen molar-refractivity contribution in [3.05, 3.63) is 0 Å². The molecular formula is C18H33N5O2. The van der Waals surface area contributed by atoms with Crippen molar-refractivity contribution in [2.75, 3.05) is 46.3 Å². The molecule has 0 N–H and O–H groups in total. The van der Waals surface area contributed by atoms with Crippen molar-refractivity contribution in [1.29, 1.82) is 0 Å². The lowest BCUT2D eigenvalue weighted by molar-refractivity contribution is -0.263. The summed E-state index contributed by atoms with van der Waals surface area (Å²) in [4.78, 5) is 36.6. The second-order valence-electron chi connectivity index (χ2n) is 7.44. The van der Waals surface area contributed by atoms with Crippen LogP contribution in [0, 0.1) is 0 Å². The van der Waals surface area contributed by atoms with Crippen molar-refractivity contribution < 1.29 is 9.59 Å². The number of carbonyl (C=O) groups excluding carboxylic acids is 2. The lowest BCUT2D eigenvalue weighted by Gasteiger charge is -2.66. The first-order chi connectivity index (χ1) is 12.1. The highest BCUT2D eigenvalue weighted by molar-refractivity contribution is 5.96. The van der Waals surface area contributed by atoms with Gasteiger partial charge in [0.15, 0.2) is 0 Å². The van der Waals surface area contributed by atoms with Crippen LogP contribution in [0.5, 0.6) is 0 Å². The van der Waals surface area contributed by atoms with Crippen molar-refractivity contribution in [3.63, 3.8) is 0 Å². The van der Waals surface area contributed by atoms with Gasteiger partial charge in [-0.1, -0.05) is 26.7 Å². The van der Waals surface area contributed by atoms with Crippen molar-refractivity contribution in [2.24, 2.45) is 0 Å². The quantitative estimate of drug-likeness (QED) is 0.737. The molecule has 0 aliphatic carbocycles. The highest BCUT2D eigenvalue weighted by atomic mass is 16.2. The Morgan fingerprint density at radius 3 is 2.20 bits per heavy atom. The van der Waals surface area contributed by atoms with E-state index in [1.807, 2.05) is 9.80 Å². The molecule has 0 aromatic rings. The standard InChI is InChI=1S/C18H33N5O2/c1-4-6-13-21-16(24)22(14-7-5-2)18-19(3)10-8-11-20(18)12-9-15-23(18)17(21)25/h4-15H2,1-3H3. The molecule has 1 spiro atoms. The van der Waals surface area contributed by atoms with E-state index < -0.39 is 5.91 Å². The molecule has 25 heavy (non-hydrogen) atoms. The minimum atomic E-state index is -0.692. The molecule has 0 radical (unpaired) electrons. The van der Waals surface area contributed by atoms with Crippen molar-refractivity contribution in [1.82, 2.24) is 24.5 Å². The van der Waals surface area contributed by atoms with Gasteiger partial charge in [-0.15, -0.1) is 0 Å². The molecule has 4 amide bonds. The number of amides is 4. The third-order valence-corrected chi connectivity index (χ3v) is 5.79. The molecule has 3 aliphatic rings. The van der Waals surface area contributed by atoms with Crippen molar-refractivity contribution in [2.45, 2.75) is 58.3 Å². The van der Waals surface area contributed by atoms with E-state index in [9.17, 15) is 9.59 Å². The first-order valence-corrected chi connectivity index (χ1v) is 9.96. The van der Waals surface area contributed by atoms with Gasteiger partial charge in [-0.05, 0) is 32.7 Å². The summed E-state index contributed by atoms with van der Waals surface area (Å²) in [6.45, 7) is 8.97. The normalized spacial score (nSPS) is 28.4. The molecule has 0 aromatic heterocycles. The van der Waals surface area contributed by atoms with Crippen molar-refractivity contribution >= 4 is 12.1 Å². The van der Waals surface area contributed by atoms with Gasteiger partial charge in [0, 0.05) is 39.3 Å². The van der Waals surface area contributed by atoms with Gasteiger partial charge >= 0.3 is 12.1 Å². The maximum Gasteiger partial charge on any atom is 0.332 e. The summed E-state index contributed by atoms with van der Waals surface area (Å²) < 4.78 is 0. The molecule has 3 fully saturated rings. The van der Waals surface area contributed by atoms with Gasteiger partial charge in [0.1, 0.15) is 0 Å². The van der Waals surface area contributed by atoms with Crippen molar-refractivity contribution in [3.8, 4) is 0 Å². The first-order valence-electron chi connectivity index (χ1n) is 9.96. The fourth-order valence-corrected chi connectivity index (χ4v) is 4.57. The van der Waals surface area contributed by atoms with Crippen LogP contribution in [-0.2, 0) is 0 Å². The van der Waals surface area contributed by atoms with Crippen LogP contribution in [0.3, 0.4) is 0 Å². The van der Waals surface area contributed by atoms with E-state index in [1.165, 1.54) is 4.90 Å². The minimum Gasteiger partial charge on any atom is -0.275 e. The van der Waals surface area contributed by atoms with E-state index in [1.54, 1.807) is 0 Å². The topological polar surface area (TPSA) is 50.3 Å². The Kier molecular flexibility index (Phi) is 5.53. The van der Waals surface area contributed by atoms with E-state index in [2.05, 4.69) is 30.7 Å². The monoisotopic (exact) mass is 351 g/mol. The summed E-state index contributed by atoms with van der Waals surface area (Å²) >= 11 is 0. The van der Waals surface area contributed by atoms with E-state index in [4.69, 9.17) is 0 Å². The van der Waals surface area contributed by atoms with E-state index in [0.717, 1.165) is 64.7 Å². The Balaban J connectivity index is 2.02. The number of urea groups is 2. The number of unbranched alkanes of at least 4 members (excludes halogenated alkanes) is 2. The van der Waals surface area contributed by atoms with Crippen LogP contribution in [0.2, 0.25) is 0 Å². The van der Waals surface area contributed by atoms with E-state index in [0.29, 0.717) is 13.1 Å². The molecule has 1 unspecified atom stereocenters. The molecule has 3 heterocycles. The molecule has 3 aliphatic heterocycles. The number of hydrogen-bond acceptors (Lipinski definition) is 4. The average Bonchev–Trinajstić information content (AvgIpc) is 2.61. The molecule has 0 saturated carbocycles. The van der Waals surface area contributed by atoms with Gasteiger partial charge in [0.25, 0.3) is 0 Å². The molecule has 7 nitrogen and oxygen atoms in total. The summed E-state index contributed by atoms with van der Waals surface area (Å²) in [7, 11) is 2.06. The van der Waals surface area contributed by atoms with Gasteiger partial charge in [0.05, 0.1) is 0 Å². The predicted molar refractivity (Wildman–Crippen MR) is 96.9 cm³/mol. The van der Waals surface area contributed by atoms with Crippen LogP contribution < -0.4 is 0 Å². The van der Waals surface area contributed by atoms with Gasteiger partial charge in [-0.2, -0.15) is 0 Å². The fourth-order valence-electron chi connectivity index (χ4n) is 4.57. The largest absolute Gasteiger partial charge is 0.332 e. The predicted octanol–water partition coefficient (Wildman–Crippen LogP) is 2.40. The lowest BCUT2D eigenvalue weighted by Crippen LogP contribution is -2.87. The summed E-state index contributed by atoms with van der Waals surface area (Å²) in [6.07, 6.45) is 5.88. The zero-order chi connectivity index (χ0) is 18.0. The van der Waals surface area contributed by atoms with Crippen LogP contribution in [0.1, 0.15) is 52.4 Å². The molecule has 7 heteroatoms. The third-order valence-electron chi connectivity index (χ3n) is 5.79. The molecule has 142 valence electrons. The zero-order valence-electron chi connectivity index (χ0n) is 16.0. The van der Waals surface area contributed by atoms with Gasteiger partial charge in [-0.25, -0.2) is 19.4 Å². The first kappa shape index (κ1) is 18.5. The van der Waals surface area contributed by atoms with E-state index in [-0.39, 0.29) is 12.1 Å². The second kappa shape index (κ2) is 7.50. The van der Waals surface area contributed by atoms with Crippen LogP contribution in [0.25, 0.3) is 0 Å². The van der Waals surface area contributed by atoms with E-state index >= 15 is 0 Å². The minimum absolute atomic E-state index is 0.107. The molecule has 1 atom stereocenters. The van der Waals surface area contributed by atoms with Crippen LogP contribution >= 0.6 is 0 Å². The molecule has 0 bridgehead atoms. The lowest BCUT2D eigenvalue weighted by atomic mass is 10.1. The Bertz CT molecular complexity index is 512. The molecule has 3 rings (SSSR count). The van der Waals surface area contributed by atoms with Crippen LogP contribution in [0.15, 0.2) is 0 Å². The number of nitrogens with zero attached hydrogens (tertiary/aromatic N) is 5. The van der Waals surface area contributed by atoms with Crippen LogP contribution in [0.4, 0.5) is 9.59 Å². The molecule has 0 aromatic carbocycles. The SMILES string of the molecule is CCCCN1C(=O)N(CCCC)C23N(C)CCCN2CCCN3C1=O. The maximum absolute atomic E-state index is 13.3. The van der Waals surface area contributed by atoms with Crippen LogP contribution in [-0.4, -0.2) is 88.8 Å². The number of imide groups is 1. The Morgan fingerprint density at radius 1 is 0.880 bits per heavy atom. The number of carbonyl (C=O) groups is 2. The summed E-state index contributed by atoms with van der Waals surface area (Å²) in [5.74, 6) is -0.692. The van der Waals surface area contributed by atoms with Gasteiger partial charge < -0.3 is 0 Å². The molecular weight excluding hydrogens is 318 g/mol. The summed E-state index contributed by atoms with van der Waals surface area (Å²) in [5.41, 5.74) is 0. The Hall–Kier alpha value is -1.34. The molecule has 3 saturated heterocycles. The fraction of sp³-hybridized carbons (Fsp3) is 0.889.